The molecule has 1 aromatic heterocycles. The van der Waals surface area contributed by atoms with E-state index in [0.717, 1.165) is 16.5 Å². The highest BCUT2D eigenvalue weighted by molar-refractivity contribution is 7.09. The molecule has 0 aliphatic heterocycles. The van der Waals surface area contributed by atoms with Crippen LogP contribution < -0.4 is 10.6 Å². The molecule has 0 saturated heterocycles. The number of nitro benzene ring substituents is 1. The summed E-state index contributed by atoms with van der Waals surface area (Å²) < 4.78 is 0. The summed E-state index contributed by atoms with van der Waals surface area (Å²) in [6, 6.07) is 14.6. The Bertz CT molecular complexity index is 1040. The Hall–Kier alpha value is -3.23. The monoisotopic (exact) mass is 429 g/mol. The Morgan fingerprint density at radius 1 is 1.10 bits per heavy atom. The van der Waals surface area contributed by atoms with Gasteiger partial charge in [0.25, 0.3) is 11.6 Å². The number of halogens is 1. The van der Waals surface area contributed by atoms with E-state index < -0.39 is 10.8 Å². The number of hydrogen-bond donors (Lipinski definition) is 2. The van der Waals surface area contributed by atoms with Crippen molar-refractivity contribution in [2.45, 2.75) is 13.0 Å². The zero-order chi connectivity index (χ0) is 20.8. The molecule has 148 valence electrons. The first kappa shape index (κ1) is 20.5. The van der Waals surface area contributed by atoms with Gasteiger partial charge < -0.3 is 10.6 Å². The molecular weight excluding hydrogens is 414 g/mol. The molecule has 9 heteroatoms. The third-order valence-electron chi connectivity index (χ3n) is 4.02. The van der Waals surface area contributed by atoms with Gasteiger partial charge in [-0.25, -0.2) is 0 Å². The van der Waals surface area contributed by atoms with Gasteiger partial charge in [0.15, 0.2) is 0 Å². The van der Waals surface area contributed by atoms with Crippen LogP contribution in [0.1, 0.15) is 20.8 Å². The molecule has 0 aliphatic carbocycles. The van der Waals surface area contributed by atoms with Gasteiger partial charge in [-0.3, -0.25) is 19.7 Å². The van der Waals surface area contributed by atoms with Crippen LogP contribution in [0.5, 0.6) is 0 Å². The van der Waals surface area contributed by atoms with Gasteiger partial charge in [-0.15, -0.1) is 11.3 Å². The molecule has 0 fully saturated rings. The van der Waals surface area contributed by atoms with Crippen LogP contribution in [0, 0.1) is 10.1 Å². The molecule has 2 aromatic carbocycles. The SMILES string of the molecule is O=C(Cc1ccc(NC(=O)c2ccc(Cl)c([N+](=O)[O-])c2)cc1)NCc1cccs1. The summed E-state index contributed by atoms with van der Waals surface area (Å²) in [5, 5.41) is 18.4. The molecule has 0 spiro atoms. The molecule has 2 amide bonds. The molecule has 0 radical (unpaired) electrons. The molecule has 0 atom stereocenters. The molecule has 0 bridgehead atoms. The topological polar surface area (TPSA) is 101 Å². The first-order valence-electron chi connectivity index (χ1n) is 8.55. The summed E-state index contributed by atoms with van der Waals surface area (Å²) in [4.78, 5) is 35.7. The van der Waals surface area contributed by atoms with Crippen molar-refractivity contribution in [2.24, 2.45) is 0 Å². The molecule has 3 rings (SSSR count). The Kier molecular flexibility index (Phi) is 6.58. The number of rotatable bonds is 7. The number of anilines is 1. The van der Waals surface area contributed by atoms with Crippen molar-refractivity contribution in [2.75, 3.05) is 5.32 Å². The van der Waals surface area contributed by atoms with Crippen LogP contribution in [0.4, 0.5) is 11.4 Å². The van der Waals surface area contributed by atoms with E-state index in [1.54, 1.807) is 35.6 Å². The van der Waals surface area contributed by atoms with Crippen molar-refractivity contribution in [3.63, 3.8) is 0 Å². The average molecular weight is 430 g/mol. The lowest BCUT2D eigenvalue weighted by atomic mass is 10.1. The van der Waals surface area contributed by atoms with Gasteiger partial charge >= 0.3 is 0 Å². The second-order valence-corrected chi connectivity index (χ2v) is 7.55. The Balaban J connectivity index is 1.57. The van der Waals surface area contributed by atoms with Crippen molar-refractivity contribution in [3.05, 3.63) is 91.1 Å². The van der Waals surface area contributed by atoms with E-state index in [9.17, 15) is 19.7 Å². The highest BCUT2D eigenvalue weighted by Gasteiger charge is 2.16. The maximum absolute atomic E-state index is 12.3. The number of hydrogen-bond acceptors (Lipinski definition) is 5. The van der Waals surface area contributed by atoms with Gasteiger partial charge in [-0.05, 0) is 41.3 Å². The summed E-state index contributed by atoms with van der Waals surface area (Å²) in [5.41, 5.74) is 1.10. The number of nitrogens with zero attached hydrogens (tertiary/aromatic N) is 1. The van der Waals surface area contributed by atoms with E-state index in [0.29, 0.717) is 12.2 Å². The Morgan fingerprint density at radius 3 is 2.52 bits per heavy atom. The van der Waals surface area contributed by atoms with E-state index in [1.807, 2.05) is 17.5 Å². The number of amides is 2. The predicted octanol–water partition coefficient (Wildman–Crippen LogP) is 4.42. The van der Waals surface area contributed by atoms with Gasteiger partial charge in [-0.1, -0.05) is 29.8 Å². The maximum Gasteiger partial charge on any atom is 0.288 e. The zero-order valence-corrected chi connectivity index (χ0v) is 16.6. The second-order valence-electron chi connectivity index (χ2n) is 6.11. The van der Waals surface area contributed by atoms with Crippen molar-refractivity contribution in [3.8, 4) is 0 Å². The number of carbonyl (C=O) groups excluding carboxylic acids is 2. The highest BCUT2D eigenvalue weighted by atomic mass is 35.5. The third kappa shape index (κ3) is 5.63. The number of nitro groups is 1. The minimum Gasteiger partial charge on any atom is -0.351 e. The summed E-state index contributed by atoms with van der Waals surface area (Å²) in [6.45, 7) is 0.498. The quantitative estimate of drug-likeness (QED) is 0.428. The molecule has 0 aliphatic rings. The van der Waals surface area contributed by atoms with Crippen molar-refractivity contribution >= 4 is 46.1 Å². The van der Waals surface area contributed by atoms with Crippen LogP contribution in [0.25, 0.3) is 0 Å². The van der Waals surface area contributed by atoms with Crippen LogP contribution in [0.3, 0.4) is 0 Å². The largest absolute Gasteiger partial charge is 0.351 e. The fourth-order valence-electron chi connectivity index (χ4n) is 2.55. The van der Waals surface area contributed by atoms with E-state index in [2.05, 4.69) is 10.6 Å². The molecular formula is C20H16ClN3O4S. The van der Waals surface area contributed by atoms with Crippen molar-refractivity contribution in [1.29, 1.82) is 0 Å². The second kappa shape index (κ2) is 9.31. The summed E-state index contributed by atoms with van der Waals surface area (Å²) in [5.74, 6) is -0.588. The van der Waals surface area contributed by atoms with Gasteiger partial charge in [-0.2, -0.15) is 0 Å². The molecule has 29 heavy (non-hydrogen) atoms. The normalized spacial score (nSPS) is 10.4. The molecule has 2 N–H and O–H groups in total. The molecule has 7 nitrogen and oxygen atoms in total. The number of nitrogens with one attached hydrogen (secondary N) is 2. The van der Waals surface area contributed by atoms with Crippen molar-refractivity contribution in [1.82, 2.24) is 5.32 Å². The number of benzene rings is 2. The van der Waals surface area contributed by atoms with Gasteiger partial charge in [0.2, 0.25) is 5.91 Å². The summed E-state index contributed by atoms with van der Waals surface area (Å²) in [6.07, 6.45) is 0.225. The lowest BCUT2D eigenvalue weighted by Gasteiger charge is -2.08. The molecule has 0 saturated carbocycles. The minimum absolute atomic E-state index is 0.0340. The average Bonchev–Trinajstić information content (AvgIpc) is 3.21. The smallest absolute Gasteiger partial charge is 0.288 e. The van der Waals surface area contributed by atoms with Crippen LogP contribution in [0.15, 0.2) is 60.0 Å². The van der Waals surface area contributed by atoms with E-state index >= 15 is 0 Å². The third-order valence-corrected chi connectivity index (χ3v) is 5.22. The number of carbonyl (C=O) groups is 2. The minimum atomic E-state index is -0.641. The Labute approximate surface area is 175 Å². The molecule has 3 aromatic rings. The van der Waals surface area contributed by atoms with Crippen LogP contribution in [0.2, 0.25) is 5.02 Å². The summed E-state index contributed by atoms with van der Waals surface area (Å²) >= 11 is 7.34. The lowest BCUT2D eigenvalue weighted by Crippen LogP contribution is -2.24. The lowest BCUT2D eigenvalue weighted by molar-refractivity contribution is -0.384. The van der Waals surface area contributed by atoms with Gasteiger partial charge in [0.1, 0.15) is 5.02 Å². The Morgan fingerprint density at radius 2 is 1.86 bits per heavy atom. The van der Waals surface area contributed by atoms with Crippen LogP contribution in [-0.4, -0.2) is 16.7 Å². The van der Waals surface area contributed by atoms with Crippen LogP contribution >= 0.6 is 22.9 Å². The van der Waals surface area contributed by atoms with Gasteiger partial charge in [0.05, 0.1) is 17.9 Å². The molecule has 1 heterocycles. The van der Waals surface area contributed by atoms with Crippen LogP contribution in [-0.2, 0) is 17.8 Å². The fraction of sp³-hybridized carbons (Fsp3) is 0.100. The molecule has 0 unspecified atom stereocenters. The predicted molar refractivity (Wildman–Crippen MR) is 112 cm³/mol. The zero-order valence-electron chi connectivity index (χ0n) is 15.1. The number of thiophene rings is 1. The van der Waals surface area contributed by atoms with E-state index in [-0.39, 0.29) is 28.6 Å². The maximum atomic E-state index is 12.3. The van der Waals surface area contributed by atoms with Crippen molar-refractivity contribution < 1.29 is 14.5 Å². The van der Waals surface area contributed by atoms with E-state index in [1.165, 1.54) is 12.1 Å². The standard InChI is InChI=1S/C20H16ClN3O4S/c21-17-8-5-14(11-18(17)24(27)28)20(26)23-15-6-3-13(4-7-15)10-19(25)22-12-16-2-1-9-29-16/h1-9,11H,10,12H2,(H,22,25)(H,23,26). The van der Waals surface area contributed by atoms with E-state index in [4.69, 9.17) is 11.6 Å². The highest BCUT2D eigenvalue weighted by Crippen LogP contribution is 2.25. The first-order chi connectivity index (χ1) is 13.9. The fourth-order valence-corrected chi connectivity index (χ4v) is 3.38. The van der Waals surface area contributed by atoms with Gasteiger partial charge in [0, 0.05) is 22.2 Å². The first-order valence-corrected chi connectivity index (χ1v) is 9.81. The summed E-state index contributed by atoms with van der Waals surface area (Å²) in [7, 11) is 0.